The number of benzene rings is 1. The first-order valence-electron chi connectivity index (χ1n) is 8.78. The number of hydrogen-bond acceptors (Lipinski definition) is 2. The number of amides is 2. The van der Waals surface area contributed by atoms with E-state index in [1.807, 2.05) is 35.9 Å². The lowest BCUT2D eigenvalue weighted by Gasteiger charge is -2.14. The van der Waals surface area contributed by atoms with Crippen LogP contribution in [0, 0.1) is 5.82 Å². The summed E-state index contributed by atoms with van der Waals surface area (Å²) in [6, 6.07) is 9.77. The normalized spacial score (nSPS) is 13.3. The number of rotatable bonds is 4. The Labute approximate surface area is 155 Å². The average molecular weight is 369 g/mol. The van der Waals surface area contributed by atoms with Crippen molar-refractivity contribution in [3.63, 3.8) is 0 Å². The summed E-state index contributed by atoms with van der Waals surface area (Å²) in [5, 5.41) is 6.63. The van der Waals surface area contributed by atoms with Gasteiger partial charge in [0.1, 0.15) is 10.8 Å². The molecule has 0 saturated heterocycles. The van der Waals surface area contributed by atoms with Gasteiger partial charge in [0.25, 0.3) is 0 Å². The number of carbonyl (C=O) groups is 1. The molecule has 4 nitrogen and oxygen atoms in total. The highest BCUT2D eigenvalue weighted by Crippen LogP contribution is 2.36. The number of nitrogens with one attached hydrogen (secondary N) is 2. The Balaban J connectivity index is 1.53. The van der Waals surface area contributed by atoms with Crippen molar-refractivity contribution in [2.45, 2.75) is 32.2 Å². The summed E-state index contributed by atoms with van der Waals surface area (Å²) in [5.74, 6) is -0.441. The average Bonchev–Trinajstić information content (AvgIpc) is 3.29. The molecule has 0 saturated carbocycles. The zero-order valence-corrected chi connectivity index (χ0v) is 15.1. The van der Waals surface area contributed by atoms with Crippen molar-refractivity contribution in [3.05, 3.63) is 70.6 Å². The summed E-state index contributed by atoms with van der Waals surface area (Å²) in [6.45, 7) is 0.430. The Morgan fingerprint density at radius 1 is 1.12 bits per heavy atom. The van der Waals surface area contributed by atoms with Gasteiger partial charge in [0.15, 0.2) is 0 Å². The van der Waals surface area contributed by atoms with Crippen molar-refractivity contribution in [2.24, 2.45) is 0 Å². The maximum absolute atomic E-state index is 13.7. The van der Waals surface area contributed by atoms with Crippen molar-refractivity contribution in [1.82, 2.24) is 9.88 Å². The van der Waals surface area contributed by atoms with Crippen LogP contribution in [0.4, 0.5) is 14.9 Å². The quantitative estimate of drug-likeness (QED) is 0.676. The number of para-hydroxylation sites is 1. The van der Waals surface area contributed by atoms with E-state index in [1.165, 1.54) is 34.9 Å². The minimum absolute atomic E-state index is 0.183. The van der Waals surface area contributed by atoms with E-state index in [0.717, 1.165) is 17.8 Å². The van der Waals surface area contributed by atoms with Gasteiger partial charge in [-0.1, -0.05) is 12.1 Å². The number of aryl methyl sites for hydroxylation is 1. The van der Waals surface area contributed by atoms with Crippen LogP contribution in [-0.4, -0.2) is 10.6 Å². The molecule has 134 valence electrons. The fourth-order valence-corrected chi connectivity index (χ4v) is 4.75. The Hall–Kier alpha value is -2.60. The smallest absolute Gasteiger partial charge is 0.319 e. The van der Waals surface area contributed by atoms with E-state index in [4.69, 9.17) is 0 Å². The lowest BCUT2D eigenvalue weighted by molar-refractivity contribution is 0.251. The maximum atomic E-state index is 13.7. The molecule has 0 spiro atoms. The minimum atomic E-state index is -0.441. The standard InChI is InChI=1S/C20H20FN3OS/c21-16-8-2-3-9-17(16)23-20(25)22-13-15-14-7-1-4-10-18(14)26-19(15)24-11-5-6-12-24/h2-3,5-6,8-9,11-12H,1,4,7,10,13H2,(H2,22,23,25). The molecule has 0 radical (unpaired) electrons. The topological polar surface area (TPSA) is 46.1 Å². The molecule has 4 rings (SSSR count). The van der Waals surface area contributed by atoms with Crippen LogP contribution in [0.25, 0.3) is 5.00 Å². The number of halogens is 1. The van der Waals surface area contributed by atoms with Crippen LogP contribution in [-0.2, 0) is 19.4 Å². The zero-order valence-electron chi connectivity index (χ0n) is 14.3. The second-order valence-corrected chi connectivity index (χ2v) is 7.46. The van der Waals surface area contributed by atoms with Gasteiger partial charge in [-0.25, -0.2) is 9.18 Å². The number of fused-ring (bicyclic) bond motifs is 1. The first-order chi connectivity index (χ1) is 12.7. The van der Waals surface area contributed by atoms with Crippen molar-refractivity contribution >= 4 is 23.1 Å². The number of hydrogen-bond donors (Lipinski definition) is 2. The number of carbonyl (C=O) groups excluding carboxylic acids is 1. The largest absolute Gasteiger partial charge is 0.334 e. The third-order valence-electron chi connectivity index (χ3n) is 4.65. The van der Waals surface area contributed by atoms with Gasteiger partial charge in [-0.2, -0.15) is 0 Å². The molecule has 2 heterocycles. The highest BCUT2D eigenvalue weighted by molar-refractivity contribution is 7.14. The minimum Gasteiger partial charge on any atom is -0.334 e. The number of anilines is 1. The molecule has 1 aliphatic rings. The highest BCUT2D eigenvalue weighted by atomic mass is 32.1. The van der Waals surface area contributed by atoms with E-state index in [1.54, 1.807) is 18.2 Å². The van der Waals surface area contributed by atoms with Gasteiger partial charge in [-0.15, -0.1) is 11.3 Å². The molecule has 0 atom stereocenters. The Morgan fingerprint density at radius 2 is 1.88 bits per heavy atom. The monoisotopic (exact) mass is 369 g/mol. The number of aromatic nitrogens is 1. The Bertz CT molecular complexity index is 917. The fraction of sp³-hybridized carbons (Fsp3) is 0.250. The molecule has 1 aromatic carbocycles. The molecule has 0 aliphatic heterocycles. The van der Waals surface area contributed by atoms with E-state index in [0.29, 0.717) is 6.54 Å². The lowest BCUT2D eigenvalue weighted by Crippen LogP contribution is -2.29. The van der Waals surface area contributed by atoms with Gasteiger partial charge in [0, 0.05) is 29.4 Å². The third kappa shape index (κ3) is 3.37. The Morgan fingerprint density at radius 3 is 2.69 bits per heavy atom. The van der Waals surface area contributed by atoms with Gasteiger partial charge < -0.3 is 15.2 Å². The molecular formula is C20H20FN3OS. The first-order valence-corrected chi connectivity index (χ1v) is 9.60. The molecular weight excluding hydrogens is 349 g/mol. The van der Waals surface area contributed by atoms with Crippen LogP contribution in [0.5, 0.6) is 0 Å². The molecule has 6 heteroatoms. The van der Waals surface area contributed by atoms with E-state index in [2.05, 4.69) is 15.2 Å². The molecule has 0 unspecified atom stereocenters. The highest BCUT2D eigenvalue weighted by Gasteiger charge is 2.21. The molecule has 26 heavy (non-hydrogen) atoms. The van der Waals surface area contributed by atoms with E-state index >= 15 is 0 Å². The summed E-state index contributed by atoms with van der Waals surface area (Å²) in [7, 11) is 0. The van der Waals surface area contributed by atoms with Crippen molar-refractivity contribution in [3.8, 4) is 5.00 Å². The number of nitrogens with zero attached hydrogens (tertiary/aromatic N) is 1. The second kappa shape index (κ2) is 7.33. The number of thiophene rings is 1. The van der Waals surface area contributed by atoms with Crippen LogP contribution < -0.4 is 10.6 Å². The summed E-state index contributed by atoms with van der Waals surface area (Å²) < 4.78 is 15.8. The SMILES string of the molecule is O=C(NCc1c(-n2cccc2)sc2c1CCCC2)Nc1ccccc1F. The summed E-state index contributed by atoms with van der Waals surface area (Å²) in [6.07, 6.45) is 8.62. The van der Waals surface area contributed by atoms with E-state index in [-0.39, 0.29) is 5.69 Å². The second-order valence-electron chi connectivity index (χ2n) is 6.37. The van der Waals surface area contributed by atoms with Crippen molar-refractivity contribution in [1.29, 1.82) is 0 Å². The molecule has 1 aliphatic carbocycles. The van der Waals surface area contributed by atoms with Gasteiger partial charge in [-0.3, -0.25) is 0 Å². The summed E-state index contributed by atoms with van der Waals surface area (Å²) in [5.41, 5.74) is 2.73. The molecule has 2 aromatic heterocycles. The predicted octanol–water partition coefficient (Wildman–Crippen LogP) is 4.88. The van der Waals surface area contributed by atoms with E-state index in [9.17, 15) is 9.18 Å². The van der Waals surface area contributed by atoms with Crippen LogP contribution >= 0.6 is 11.3 Å². The zero-order chi connectivity index (χ0) is 17.9. The molecule has 0 fully saturated rings. The molecule has 2 N–H and O–H groups in total. The fourth-order valence-electron chi connectivity index (χ4n) is 3.38. The first kappa shape index (κ1) is 16.8. The van der Waals surface area contributed by atoms with Gasteiger partial charge in [-0.05, 0) is 55.5 Å². The van der Waals surface area contributed by atoms with Crippen LogP contribution in [0.15, 0.2) is 48.8 Å². The van der Waals surface area contributed by atoms with Crippen molar-refractivity contribution in [2.75, 3.05) is 5.32 Å². The molecule has 2 amide bonds. The predicted molar refractivity (Wildman–Crippen MR) is 103 cm³/mol. The van der Waals surface area contributed by atoms with Crippen LogP contribution in [0.2, 0.25) is 0 Å². The third-order valence-corrected chi connectivity index (χ3v) is 5.99. The lowest BCUT2D eigenvalue weighted by atomic mass is 9.95. The van der Waals surface area contributed by atoms with Gasteiger partial charge >= 0.3 is 6.03 Å². The van der Waals surface area contributed by atoms with Crippen LogP contribution in [0.1, 0.15) is 28.8 Å². The van der Waals surface area contributed by atoms with E-state index < -0.39 is 11.8 Å². The molecule has 0 bridgehead atoms. The Kier molecular flexibility index (Phi) is 4.75. The molecule has 3 aromatic rings. The van der Waals surface area contributed by atoms with Gasteiger partial charge in [0.05, 0.1) is 5.69 Å². The van der Waals surface area contributed by atoms with Gasteiger partial charge in [0.2, 0.25) is 0 Å². The maximum Gasteiger partial charge on any atom is 0.319 e. The van der Waals surface area contributed by atoms with Crippen molar-refractivity contribution < 1.29 is 9.18 Å². The van der Waals surface area contributed by atoms with Crippen LogP contribution in [0.3, 0.4) is 0 Å². The summed E-state index contributed by atoms with van der Waals surface area (Å²) in [4.78, 5) is 13.7. The number of urea groups is 1. The summed E-state index contributed by atoms with van der Waals surface area (Å²) >= 11 is 1.81.